The summed E-state index contributed by atoms with van der Waals surface area (Å²) in [6, 6.07) is 16.3. The summed E-state index contributed by atoms with van der Waals surface area (Å²) in [5, 5.41) is 3.62. The average Bonchev–Trinajstić information content (AvgIpc) is 2.51. The third-order valence-corrected chi connectivity index (χ3v) is 4.43. The topological polar surface area (TPSA) is 59.6 Å². The van der Waals surface area contributed by atoms with E-state index in [0.717, 1.165) is 18.5 Å². The fraction of sp³-hybridized carbons (Fsp3) is 0.278. The number of benzene rings is 2. The third-order valence-electron chi connectivity index (χ3n) is 4.13. The number of nitrogens with zero attached hydrogens (tertiary/aromatic N) is 1. The minimum Gasteiger partial charge on any atom is -0.495 e. The number of hydrogen-bond acceptors (Lipinski definition) is 2. The highest BCUT2D eigenvalue weighted by molar-refractivity contribution is 6.32. The molecule has 23 heavy (non-hydrogen) atoms. The molecule has 2 aromatic carbocycles. The molecule has 0 saturated heterocycles. The Morgan fingerprint density at radius 1 is 1.22 bits per heavy atom. The first-order chi connectivity index (χ1) is 11.2. The second-order valence-electron chi connectivity index (χ2n) is 5.72. The molecule has 0 aromatic heterocycles. The molecule has 3 N–H and O–H groups in total. The van der Waals surface area contributed by atoms with Crippen LogP contribution in [0.5, 0.6) is 5.75 Å². The highest BCUT2D eigenvalue weighted by Gasteiger charge is 2.30. The fourth-order valence-corrected chi connectivity index (χ4v) is 3.07. The maximum Gasteiger partial charge on any atom is 0.193 e. The third kappa shape index (κ3) is 3.77. The standard InChI is InChI=1S/C18H20ClN3O/c1-23-17-8-7-14(11-16(17)19)21-18(20)22-15-9-13(10-15)12-5-3-2-4-6-12/h2-8,11,13,15H,9-10H2,1H3,(H3,20,21,22). The lowest BCUT2D eigenvalue weighted by Crippen LogP contribution is -2.31. The van der Waals surface area contributed by atoms with Crippen molar-refractivity contribution in [2.75, 3.05) is 12.4 Å². The van der Waals surface area contributed by atoms with Gasteiger partial charge in [-0.2, -0.15) is 0 Å². The molecular weight excluding hydrogens is 310 g/mol. The van der Waals surface area contributed by atoms with Crippen molar-refractivity contribution in [3.05, 3.63) is 59.1 Å². The summed E-state index contributed by atoms with van der Waals surface area (Å²) in [6.07, 6.45) is 2.07. The van der Waals surface area contributed by atoms with E-state index in [2.05, 4.69) is 34.6 Å². The van der Waals surface area contributed by atoms with Crippen LogP contribution in [0.4, 0.5) is 5.69 Å². The summed E-state index contributed by atoms with van der Waals surface area (Å²) >= 11 is 6.10. The summed E-state index contributed by atoms with van der Waals surface area (Å²) in [5.41, 5.74) is 8.17. The van der Waals surface area contributed by atoms with E-state index >= 15 is 0 Å². The average molecular weight is 330 g/mol. The minimum absolute atomic E-state index is 0.279. The number of anilines is 1. The van der Waals surface area contributed by atoms with E-state index in [-0.39, 0.29) is 6.04 Å². The fourth-order valence-electron chi connectivity index (χ4n) is 2.81. The SMILES string of the molecule is COc1ccc(NC(N)=NC2CC(c3ccccc3)C2)cc1Cl. The monoisotopic (exact) mass is 329 g/mol. The zero-order chi connectivity index (χ0) is 16.2. The Kier molecular flexibility index (Phi) is 4.72. The van der Waals surface area contributed by atoms with Crippen molar-refractivity contribution in [3.8, 4) is 5.75 Å². The highest BCUT2D eigenvalue weighted by atomic mass is 35.5. The quantitative estimate of drug-likeness (QED) is 0.658. The minimum atomic E-state index is 0.279. The van der Waals surface area contributed by atoms with E-state index in [1.54, 1.807) is 19.2 Å². The first-order valence-electron chi connectivity index (χ1n) is 7.64. The number of nitrogens with one attached hydrogen (secondary N) is 1. The Hall–Kier alpha value is -2.20. The molecule has 2 aromatic rings. The number of aliphatic imine (C=N–C) groups is 1. The van der Waals surface area contributed by atoms with Gasteiger partial charge in [-0.15, -0.1) is 0 Å². The Morgan fingerprint density at radius 2 is 1.96 bits per heavy atom. The zero-order valence-corrected chi connectivity index (χ0v) is 13.8. The Morgan fingerprint density at radius 3 is 2.61 bits per heavy atom. The molecule has 0 atom stereocenters. The molecule has 0 amide bonds. The van der Waals surface area contributed by atoms with Crippen LogP contribution in [-0.2, 0) is 0 Å². The molecule has 0 spiro atoms. The summed E-state index contributed by atoms with van der Waals surface area (Å²) in [4.78, 5) is 4.53. The molecule has 0 radical (unpaired) electrons. The molecule has 120 valence electrons. The van der Waals surface area contributed by atoms with Crippen LogP contribution in [0, 0.1) is 0 Å². The molecule has 0 bridgehead atoms. The van der Waals surface area contributed by atoms with E-state index in [9.17, 15) is 0 Å². The molecular formula is C18H20ClN3O. The maximum absolute atomic E-state index is 6.10. The van der Waals surface area contributed by atoms with Crippen molar-refractivity contribution in [1.82, 2.24) is 0 Å². The van der Waals surface area contributed by atoms with Gasteiger partial charge >= 0.3 is 0 Å². The smallest absolute Gasteiger partial charge is 0.193 e. The van der Waals surface area contributed by atoms with E-state index in [0.29, 0.717) is 22.6 Å². The van der Waals surface area contributed by atoms with E-state index in [4.69, 9.17) is 22.1 Å². The lowest BCUT2D eigenvalue weighted by Gasteiger charge is -2.33. The summed E-state index contributed by atoms with van der Waals surface area (Å²) in [7, 11) is 1.59. The lowest BCUT2D eigenvalue weighted by molar-refractivity contribution is 0.353. The zero-order valence-electron chi connectivity index (χ0n) is 13.0. The van der Waals surface area contributed by atoms with Crippen LogP contribution in [0.2, 0.25) is 5.02 Å². The van der Waals surface area contributed by atoms with Crippen molar-refractivity contribution >= 4 is 23.2 Å². The van der Waals surface area contributed by atoms with E-state index in [1.165, 1.54) is 5.56 Å². The molecule has 3 rings (SSSR count). The number of ether oxygens (including phenoxy) is 1. The van der Waals surface area contributed by atoms with Gasteiger partial charge in [0.2, 0.25) is 0 Å². The van der Waals surface area contributed by atoms with Crippen LogP contribution >= 0.6 is 11.6 Å². The first kappa shape index (κ1) is 15.7. The van der Waals surface area contributed by atoms with Gasteiger partial charge in [-0.05, 0) is 42.5 Å². The number of hydrogen-bond donors (Lipinski definition) is 2. The number of methoxy groups -OCH3 is 1. The van der Waals surface area contributed by atoms with Crippen LogP contribution in [0.15, 0.2) is 53.5 Å². The van der Waals surface area contributed by atoms with Crippen molar-refractivity contribution in [2.24, 2.45) is 10.7 Å². The Bertz CT molecular complexity index is 697. The second-order valence-corrected chi connectivity index (χ2v) is 6.13. The Balaban J connectivity index is 1.56. The van der Waals surface area contributed by atoms with Gasteiger partial charge in [-0.25, -0.2) is 4.99 Å². The number of halogens is 1. The molecule has 4 nitrogen and oxygen atoms in total. The van der Waals surface area contributed by atoms with Crippen LogP contribution in [0.1, 0.15) is 24.3 Å². The van der Waals surface area contributed by atoms with Crippen molar-refractivity contribution in [3.63, 3.8) is 0 Å². The van der Waals surface area contributed by atoms with Gasteiger partial charge in [0, 0.05) is 5.69 Å². The predicted molar refractivity (Wildman–Crippen MR) is 95.5 cm³/mol. The molecule has 0 unspecified atom stereocenters. The van der Waals surface area contributed by atoms with Crippen molar-refractivity contribution in [2.45, 2.75) is 24.8 Å². The van der Waals surface area contributed by atoms with Gasteiger partial charge in [0.05, 0.1) is 18.2 Å². The largest absolute Gasteiger partial charge is 0.495 e. The highest BCUT2D eigenvalue weighted by Crippen LogP contribution is 2.38. The summed E-state index contributed by atoms with van der Waals surface area (Å²) in [5.74, 6) is 1.65. The van der Waals surface area contributed by atoms with Gasteiger partial charge in [0.15, 0.2) is 5.96 Å². The summed E-state index contributed by atoms with van der Waals surface area (Å²) < 4.78 is 5.13. The van der Waals surface area contributed by atoms with Gasteiger partial charge in [-0.1, -0.05) is 41.9 Å². The van der Waals surface area contributed by atoms with Crippen LogP contribution < -0.4 is 15.8 Å². The van der Waals surface area contributed by atoms with Gasteiger partial charge in [-0.3, -0.25) is 0 Å². The molecule has 0 aliphatic heterocycles. The van der Waals surface area contributed by atoms with E-state index in [1.807, 2.05) is 12.1 Å². The molecule has 1 fully saturated rings. The predicted octanol–water partition coefficient (Wildman–Crippen LogP) is 4.02. The van der Waals surface area contributed by atoms with Gasteiger partial charge in [0.25, 0.3) is 0 Å². The van der Waals surface area contributed by atoms with Gasteiger partial charge < -0.3 is 15.8 Å². The van der Waals surface area contributed by atoms with Crippen LogP contribution in [0.3, 0.4) is 0 Å². The van der Waals surface area contributed by atoms with E-state index < -0.39 is 0 Å². The van der Waals surface area contributed by atoms with Crippen LogP contribution in [-0.4, -0.2) is 19.1 Å². The maximum atomic E-state index is 6.10. The molecule has 5 heteroatoms. The van der Waals surface area contributed by atoms with Crippen LogP contribution in [0.25, 0.3) is 0 Å². The molecule has 1 aliphatic rings. The van der Waals surface area contributed by atoms with Gasteiger partial charge in [0.1, 0.15) is 5.75 Å². The Labute approximate surface area is 141 Å². The molecule has 1 aliphatic carbocycles. The number of nitrogens with two attached hydrogens (primary N) is 1. The lowest BCUT2D eigenvalue weighted by atomic mass is 9.76. The van der Waals surface area contributed by atoms with Crippen molar-refractivity contribution in [1.29, 1.82) is 0 Å². The second kappa shape index (κ2) is 6.92. The number of rotatable bonds is 4. The summed E-state index contributed by atoms with van der Waals surface area (Å²) in [6.45, 7) is 0. The normalized spacial score (nSPS) is 20.7. The first-order valence-corrected chi connectivity index (χ1v) is 8.02. The molecule has 0 heterocycles. The van der Waals surface area contributed by atoms with Crippen molar-refractivity contribution < 1.29 is 4.74 Å². The molecule has 1 saturated carbocycles. The number of guanidine groups is 1.